The Morgan fingerprint density at radius 1 is 1.17 bits per heavy atom. The fourth-order valence-corrected chi connectivity index (χ4v) is 3.38. The number of hydrogen-bond donors (Lipinski definition) is 0. The summed E-state index contributed by atoms with van der Waals surface area (Å²) in [6, 6.07) is 5.98. The molecule has 3 aromatic rings. The first-order valence-corrected chi connectivity index (χ1v) is 8.56. The molecule has 0 atom stereocenters. The van der Waals surface area contributed by atoms with E-state index in [1.54, 1.807) is 10.9 Å². The average molecular weight is 322 g/mol. The third-order valence-electron chi connectivity index (χ3n) is 5.19. The van der Waals surface area contributed by atoms with Gasteiger partial charge in [-0.25, -0.2) is 9.97 Å². The Morgan fingerprint density at radius 2 is 1.96 bits per heavy atom. The van der Waals surface area contributed by atoms with E-state index in [2.05, 4.69) is 21.5 Å². The summed E-state index contributed by atoms with van der Waals surface area (Å²) >= 11 is 0. The van der Waals surface area contributed by atoms with Gasteiger partial charge < -0.3 is 4.57 Å². The first-order chi connectivity index (χ1) is 11.6. The molecule has 0 aliphatic heterocycles. The van der Waals surface area contributed by atoms with Crippen molar-refractivity contribution in [3.05, 3.63) is 58.7 Å². The Hall–Kier alpha value is -2.43. The molecule has 0 unspecified atom stereocenters. The maximum absolute atomic E-state index is 12.9. The Kier molecular flexibility index (Phi) is 3.52. The van der Waals surface area contributed by atoms with Crippen molar-refractivity contribution in [1.82, 2.24) is 19.1 Å². The van der Waals surface area contributed by atoms with Crippen LogP contribution in [0.25, 0.3) is 10.9 Å². The maximum atomic E-state index is 12.9. The van der Waals surface area contributed by atoms with Gasteiger partial charge in [-0.2, -0.15) is 0 Å². The Balaban J connectivity index is 1.66. The smallest absolute Gasteiger partial charge is 0.261 e. The standard InChI is InChI=1S/C19H22N4O/c1-3-15-4-5-17-16(10-15)18(24)23(13-21-17)12-19(6-7-19)11-22-9-8-20-14(22)2/h4-5,8-10,13H,3,6-7,11-12H2,1-2H3. The van der Waals surface area contributed by atoms with Crippen LogP contribution in [0, 0.1) is 12.3 Å². The molecule has 1 aliphatic rings. The van der Waals surface area contributed by atoms with Crippen molar-refractivity contribution in [1.29, 1.82) is 0 Å². The van der Waals surface area contributed by atoms with Gasteiger partial charge in [0.15, 0.2) is 0 Å². The molecule has 4 rings (SSSR count). The van der Waals surface area contributed by atoms with Crippen LogP contribution in [0.15, 0.2) is 41.7 Å². The molecule has 0 bridgehead atoms. The lowest BCUT2D eigenvalue weighted by Gasteiger charge is -2.18. The zero-order valence-electron chi connectivity index (χ0n) is 14.2. The number of fused-ring (bicyclic) bond motifs is 1. The van der Waals surface area contributed by atoms with Gasteiger partial charge >= 0.3 is 0 Å². The minimum Gasteiger partial charge on any atom is -0.335 e. The third kappa shape index (κ3) is 2.64. The average Bonchev–Trinajstić information content (AvgIpc) is 3.24. The molecule has 1 saturated carbocycles. The van der Waals surface area contributed by atoms with Gasteiger partial charge in [-0.1, -0.05) is 13.0 Å². The van der Waals surface area contributed by atoms with Crippen LogP contribution < -0.4 is 5.56 Å². The Bertz CT molecular complexity index is 949. The number of rotatable bonds is 5. The summed E-state index contributed by atoms with van der Waals surface area (Å²) in [5.41, 5.74) is 2.19. The first-order valence-electron chi connectivity index (χ1n) is 8.56. The van der Waals surface area contributed by atoms with E-state index < -0.39 is 0 Å². The minimum atomic E-state index is 0.0731. The predicted octanol–water partition coefficient (Wildman–Crippen LogP) is 2.94. The highest BCUT2D eigenvalue weighted by Crippen LogP contribution is 2.48. The molecule has 0 amide bonds. The summed E-state index contributed by atoms with van der Waals surface area (Å²) in [4.78, 5) is 21.7. The Labute approximate surface area is 141 Å². The molecule has 2 aromatic heterocycles. The third-order valence-corrected chi connectivity index (χ3v) is 5.19. The second kappa shape index (κ2) is 5.58. The van der Waals surface area contributed by atoms with Crippen LogP contribution in [0.2, 0.25) is 0 Å². The summed E-state index contributed by atoms with van der Waals surface area (Å²) in [5.74, 6) is 1.03. The van der Waals surface area contributed by atoms with Crippen molar-refractivity contribution in [2.45, 2.75) is 46.2 Å². The second-order valence-electron chi connectivity index (χ2n) is 6.99. The lowest BCUT2D eigenvalue weighted by atomic mass is 10.1. The van der Waals surface area contributed by atoms with Crippen molar-refractivity contribution in [2.75, 3.05) is 0 Å². The second-order valence-corrected chi connectivity index (χ2v) is 6.99. The van der Waals surface area contributed by atoms with Crippen molar-refractivity contribution in [3.8, 4) is 0 Å². The van der Waals surface area contributed by atoms with Crippen molar-refractivity contribution in [2.24, 2.45) is 5.41 Å². The van der Waals surface area contributed by atoms with Crippen LogP contribution in [0.4, 0.5) is 0 Å². The van der Waals surface area contributed by atoms with Crippen LogP contribution in [0.1, 0.15) is 31.2 Å². The van der Waals surface area contributed by atoms with Gasteiger partial charge in [-0.05, 0) is 43.9 Å². The molecule has 0 saturated heterocycles. The van der Waals surface area contributed by atoms with Gasteiger partial charge in [0.1, 0.15) is 5.82 Å². The largest absolute Gasteiger partial charge is 0.335 e. The molecular weight excluding hydrogens is 300 g/mol. The van der Waals surface area contributed by atoms with Crippen LogP contribution >= 0.6 is 0 Å². The van der Waals surface area contributed by atoms with Crippen molar-refractivity contribution >= 4 is 10.9 Å². The zero-order chi connectivity index (χ0) is 16.7. The number of nitrogens with zero attached hydrogens (tertiary/aromatic N) is 4. The molecule has 0 N–H and O–H groups in total. The highest BCUT2D eigenvalue weighted by atomic mass is 16.1. The summed E-state index contributed by atoms with van der Waals surface area (Å²) in [6.45, 7) is 5.76. The number of imidazole rings is 1. The normalized spacial score (nSPS) is 15.8. The van der Waals surface area contributed by atoms with E-state index in [0.29, 0.717) is 0 Å². The van der Waals surface area contributed by atoms with Crippen molar-refractivity contribution < 1.29 is 0 Å². The van der Waals surface area contributed by atoms with Gasteiger partial charge in [0.05, 0.1) is 17.2 Å². The highest BCUT2D eigenvalue weighted by molar-refractivity contribution is 5.78. The molecule has 1 aliphatic carbocycles. The molecular formula is C19H22N4O. The summed E-state index contributed by atoms with van der Waals surface area (Å²) in [7, 11) is 0. The topological polar surface area (TPSA) is 52.7 Å². The van der Waals surface area contributed by atoms with Crippen LogP contribution in [-0.4, -0.2) is 19.1 Å². The predicted molar refractivity (Wildman–Crippen MR) is 94.0 cm³/mol. The summed E-state index contributed by atoms with van der Waals surface area (Å²) in [5, 5.41) is 0.728. The van der Waals surface area contributed by atoms with Gasteiger partial charge in [0.2, 0.25) is 0 Å². The van der Waals surface area contributed by atoms with E-state index in [0.717, 1.165) is 49.1 Å². The van der Waals surface area contributed by atoms with Crippen LogP contribution in [0.3, 0.4) is 0 Å². The molecule has 1 fully saturated rings. The first kappa shape index (κ1) is 15.1. The van der Waals surface area contributed by atoms with E-state index >= 15 is 0 Å². The molecule has 2 heterocycles. The van der Waals surface area contributed by atoms with E-state index in [1.807, 2.05) is 37.5 Å². The van der Waals surface area contributed by atoms with Gasteiger partial charge in [0, 0.05) is 30.9 Å². The molecule has 5 heteroatoms. The Morgan fingerprint density at radius 3 is 2.62 bits per heavy atom. The summed E-state index contributed by atoms with van der Waals surface area (Å²) < 4.78 is 3.97. The minimum absolute atomic E-state index is 0.0731. The zero-order valence-corrected chi connectivity index (χ0v) is 14.2. The molecule has 5 nitrogen and oxygen atoms in total. The lowest BCUT2D eigenvalue weighted by molar-refractivity contribution is 0.353. The number of hydrogen-bond acceptors (Lipinski definition) is 3. The maximum Gasteiger partial charge on any atom is 0.261 e. The van der Waals surface area contributed by atoms with Crippen LogP contribution in [-0.2, 0) is 19.5 Å². The van der Waals surface area contributed by atoms with Gasteiger partial charge in [-0.15, -0.1) is 0 Å². The molecule has 124 valence electrons. The molecule has 24 heavy (non-hydrogen) atoms. The lowest BCUT2D eigenvalue weighted by Crippen LogP contribution is -2.27. The van der Waals surface area contributed by atoms with Gasteiger partial charge in [0.25, 0.3) is 5.56 Å². The van der Waals surface area contributed by atoms with Gasteiger partial charge in [-0.3, -0.25) is 9.36 Å². The fourth-order valence-electron chi connectivity index (χ4n) is 3.38. The van der Waals surface area contributed by atoms with E-state index in [-0.39, 0.29) is 11.0 Å². The number of aromatic nitrogens is 4. The van der Waals surface area contributed by atoms with Crippen LogP contribution in [0.5, 0.6) is 0 Å². The van der Waals surface area contributed by atoms with E-state index in [1.165, 1.54) is 5.56 Å². The number of aryl methyl sites for hydroxylation is 2. The quantitative estimate of drug-likeness (QED) is 0.726. The molecule has 1 aromatic carbocycles. The highest BCUT2D eigenvalue weighted by Gasteiger charge is 2.43. The number of benzene rings is 1. The fraction of sp³-hybridized carbons (Fsp3) is 0.421. The molecule has 0 spiro atoms. The monoisotopic (exact) mass is 322 g/mol. The summed E-state index contributed by atoms with van der Waals surface area (Å²) in [6.07, 6.45) is 8.77. The van der Waals surface area contributed by atoms with E-state index in [9.17, 15) is 4.79 Å². The van der Waals surface area contributed by atoms with Crippen molar-refractivity contribution in [3.63, 3.8) is 0 Å². The molecule has 0 radical (unpaired) electrons. The SMILES string of the molecule is CCc1ccc2ncn(CC3(Cn4ccnc4C)CC3)c(=O)c2c1. The van der Waals surface area contributed by atoms with E-state index in [4.69, 9.17) is 0 Å².